The molecule has 80 heavy (non-hydrogen) atoms. The summed E-state index contributed by atoms with van der Waals surface area (Å²) in [6, 6.07) is 0. The maximum Gasteiger partial charge on any atom is 0.306 e. The van der Waals surface area contributed by atoms with E-state index in [2.05, 4.69) is 93.7 Å². The smallest absolute Gasteiger partial charge is 0.306 e. The van der Waals surface area contributed by atoms with Crippen molar-refractivity contribution in [3.8, 4) is 0 Å². The Hall–Kier alpha value is -3.15. The fourth-order valence-corrected chi connectivity index (χ4v) is 10.1. The van der Waals surface area contributed by atoms with Crippen molar-refractivity contribution in [1.29, 1.82) is 0 Å². The molecule has 0 spiro atoms. The van der Waals surface area contributed by atoms with Crippen LogP contribution in [-0.4, -0.2) is 37.2 Å². The molecule has 0 heterocycles. The Bertz CT molecular complexity index is 1470. The van der Waals surface area contributed by atoms with Crippen molar-refractivity contribution in [1.82, 2.24) is 0 Å². The van der Waals surface area contributed by atoms with Crippen LogP contribution in [0.2, 0.25) is 0 Å². The van der Waals surface area contributed by atoms with Gasteiger partial charge >= 0.3 is 17.9 Å². The highest BCUT2D eigenvalue weighted by Gasteiger charge is 2.19. The third-order valence-electron chi connectivity index (χ3n) is 15.4. The molecular weight excluding hydrogens is 985 g/mol. The van der Waals surface area contributed by atoms with Gasteiger partial charge in [0.15, 0.2) is 6.10 Å². The molecule has 0 bridgehead atoms. The molecule has 0 rings (SSSR count). The van der Waals surface area contributed by atoms with E-state index in [0.717, 1.165) is 96.3 Å². The number of hydrogen-bond donors (Lipinski definition) is 0. The van der Waals surface area contributed by atoms with Crippen LogP contribution in [0.5, 0.6) is 0 Å². The van der Waals surface area contributed by atoms with Gasteiger partial charge in [0.2, 0.25) is 0 Å². The van der Waals surface area contributed by atoms with Crippen LogP contribution in [0.4, 0.5) is 0 Å². The van der Waals surface area contributed by atoms with E-state index in [9.17, 15) is 14.4 Å². The zero-order valence-corrected chi connectivity index (χ0v) is 53.3. The number of ether oxygens (including phenoxy) is 3. The van der Waals surface area contributed by atoms with Gasteiger partial charge in [-0.2, -0.15) is 0 Å². The molecule has 0 radical (unpaired) electrons. The molecule has 1 atom stereocenters. The summed E-state index contributed by atoms with van der Waals surface area (Å²) >= 11 is 0. The van der Waals surface area contributed by atoms with Gasteiger partial charge in [-0.15, -0.1) is 0 Å². The first-order chi connectivity index (χ1) is 39.5. The molecule has 0 aliphatic rings. The maximum absolute atomic E-state index is 12.9. The van der Waals surface area contributed by atoms with Crippen molar-refractivity contribution >= 4 is 17.9 Å². The lowest BCUT2D eigenvalue weighted by atomic mass is 10.0. The molecule has 0 aromatic heterocycles. The Morgan fingerprint density at radius 2 is 0.475 bits per heavy atom. The summed E-state index contributed by atoms with van der Waals surface area (Å²) in [5.41, 5.74) is 0. The first-order valence-corrected chi connectivity index (χ1v) is 34.9. The van der Waals surface area contributed by atoms with E-state index >= 15 is 0 Å². The highest BCUT2D eigenvalue weighted by Crippen LogP contribution is 2.17. The van der Waals surface area contributed by atoms with Gasteiger partial charge in [0, 0.05) is 19.3 Å². The number of carbonyl (C=O) groups excluding carboxylic acids is 3. The van der Waals surface area contributed by atoms with Crippen LogP contribution in [0, 0.1) is 0 Å². The van der Waals surface area contributed by atoms with E-state index in [4.69, 9.17) is 14.2 Å². The predicted octanol–water partition coefficient (Wildman–Crippen LogP) is 24.1. The fourth-order valence-electron chi connectivity index (χ4n) is 10.1. The molecule has 0 saturated carbocycles. The SMILES string of the molecule is CCC/C=C\CCCCCCCC(=O)OCC(COC(=O)CCCCCCCCCCCCCCCCCCC/C=C\C/C=C\CCCCCCC)OC(=O)CCCCCCCCCC/C=C\C/C=C\C/C=C\CCCCCCC. The van der Waals surface area contributed by atoms with Gasteiger partial charge in [0.1, 0.15) is 13.2 Å². The predicted molar refractivity (Wildman–Crippen MR) is 348 cm³/mol. The van der Waals surface area contributed by atoms with Crippen molar-refractivity contribution in [3.05, 3.63) is 72.9 Å². The summed E-state index contributed by atoms with van der Waals surface area (Å²) in [5, 5.41) is 0. The van der Waals surface area contributed by atoms with Gasteiger partial charge in [-0.3, -0.25) is 14.4 Å². The lowest BCUT2D eigenvalue weighted by Gasteiger charge is -2.18. The van der Waals surface area contributed by atoms with Gasteiger partial charge < -0.3 is 14.2 Å². The second-order valence-corrected chi connectivity index (χ2v) is 23.4. The number of rotatable bonds is 64. The summed E-state index contributed by atoms with van der Waals surface area (Å²) in [4.78, 5) is 38.3. The maximum atomic E-state index is 12.9. The standard InChI is InChI=1S/C74H132O6/c1-4-7-10-13-16-19-22-24-26-28-30-32-34-35-36-37-38-39-41-42-44-46-48-50-52-55-58-61-64-67-73(76)79-70-71(69-78-72(75)66-63-60-57-54-21-18-15-12-9-6-3)80-74(77)68-65-62-59-56-53-51-49-47-45-43-40-33-31-29-27-25-23-20-17-14-11-8-5-2/h12,15,22-25,28-31,40,43,71H,4-11,13-14,16-21,26-27,32-39,41-42,44-70H2,1-3H3/b15-12-,24-22-,25-23-,30-28-,31-29-,43-40-. The molecule has 1 unspecified atom stereocenters. The van der Waals surface area contributed by atoms with E-state index in [1.807, 2.05) is 0 Å². The summed E-state index contributed by atoms with van der Waals surface area (Å²) in [5.74, 6) is -0.880. The van der Waals surface area contributed by atoms with Crippen LogP contribution >= 0.6 is 0 Å². The number of allylic oxidation sites excluding steroid dienone is 12. The molecule has 0 aliphatic carbocycles. The van der Waals surface area contributed by atoms with Gasteiger partial charge in [-0.05, 0) is 109 Å². The number of hydrogen-bond acceptors (Lipinski definition) is 6. The minimum absolute atomic E-state index is 0.0785. The van der Waals surface area contributed by atoms with Gasteiger partial charge in [0.05, 0.1) is 0 Å². The number of esters is 3. The van der Waals surface area contributed by atoms with E-state index in [1.165, 1.54) is 225 Å². The van der Waals surface area contributed by atoms with E-state index in [0.29, 0.717) is 19.3 Å². The van der Waals surface area contributed by atoms with Crippen LogP contribution in [0.3, 0.4) is 0 Å². The molecular formula is C74H132O6. The molecule has 0 amide bonds. The summed E-state index contributed by atoms with van der Waals surface area (Å²) < 4.78 is 16.9. The van der Waals surface area contributed by atoms with Gasteiger partial charge in [-0.1, -0.05) is 306 Å². The zero-order chi connectivity index (χ0) is 57.8. The first-order valence-electron chi connectivity index (χ1n) is 34.9. The third kappa shape index (κ3) is 65.7. The van der Waals surface area contributed by atoms with E-state index in [1.54, 1.807) is 0 Å². The highest BCUT2D eigenvalue weighted by molar-refractivity contribution is 5.71. The molecule has 0 aliphatic heterocycles. The fraction of sp³-hybridized carbons (Fsp3) is 0.797. The van der Waals surface area contributed by atoms with Crippen molar-refractivity contribution in [2.45, 2.75) is 367 Å². The van der Waals surface area contributed by atoms with Crippen LogP contribution in [0.25, 0.3) is 0 Å². The lowest BCUT2D eigenvalue weighted by molar-refractivity contribution is -0.167. The van der Waals surface area contributed by atoms with Gasteiger partial charge in [-0.25, -0.2) is 0 Å². The Balaban J connectivity index is 4.17. The van der Waals surface area contributed by atoms with Crippen molar-refractivity contribution in [2.75, 3.05) is 13.2 Å². The largest absolute Gasteiger partial charge is 0.462 e. The second-order valence-electron chi connectivity index (χ2n) is 23.4. The molecule has 6 nitrogen and oxygen atoms in total. The number of unbranched alkanes of at least 4 members (excludes halogenated alkanes) is 41. The highest BCUT2D eigenvalue weighted by atomic mass is 16.6. The minimum Gasteiger partial charge on any atom is -0.462 e. The molecule has 0 fully saturated rings. The normalized spacial score (nSPS) is 12.5. The Morgan fingerprint density at radius 3 is 0.762 bits per heavy atom. The van der Waals surface area contributed by atoms with E-state index < -0.39 is 6.10 Å². The molecule has 0 aromatic carbocycles. The second kappa shape index (κ2) is 68.3. The third-order valence-corrected chi connectivity index (χ3v) is 15.4. The molecule has 0 saturated heterocycles. The van der Waals surface area contributed by atoms with Crippen LogP contribution < -0.4 is 0 Å². The first kappa shape index (κ1) is 76.9. The topological polar surface area (TPSA) is 78.9 Å². The molecule has 6 heteroatoms. The summed E-state index contributed by atoms with van der Waals surface area (Å²) in [6.45, 7) is 6.59. The summed E-state index contributed by atoms with van der Waals surface area (Å²) in [7, 11) is 0. The lowest BCUT2D eigenvalue weighted by Crippen LogP contribution is -2.30. The van der Waals surface area contributed by atoms with Crippen LogP contribution in [-0.2, 0) is 28.6 Å². The Labute approximate surface area is 497 Å². The van der Waals surface area contributed by atoms with Crippen molar-refractivity contribution in [2.24, 2.45) is 0 Å². The average molecular weight is 1120 g/mol. The minimum atomic E-state index is -0.783. The van der Waals surface area contributed by atoms with Crippen molar-refractivity contribution < 1.29 is 28.6 Å². The van der Waals surface area contributed by atoms with Crippen LogP contribution in [0.1, 0.15) is 361 Å². The van der Waals surface area contributed by atoms with E-state index in [-0.39, 0.29) is 31.1 Å². The number of carbonyl (C=O) groups is 3. The van der Waals surface area contributed by atoms with Crippen molar-refractivity contribution in [3.63, 3.8) is 0 Å². The Kier molecular flexibility index (Phi) is 65.7. The molecule has 464 valence electrons. The summed E-state index contributed by atoms with van der Waals surface area (Å²) in [6.07, 6.45) is 89.4. The Morgan fingerprint density at radius 1 is 0.250 bits per heavy atom. The van der Waals surface area contributed by atoms with Gasteiger partial charge in [0.25, 0.3) is 0 Å². The molecule has 0 aromatic rings. The van der Waals surface area contributed by atoms with Crippen LogP contribution in [0.15, 0.2) is 72.9 Å². The zero-order valence-electron chi connectivity index (χ0n) is 53.3. The molecule has 0 N–H and O–H groups in total. The quantitative estimate of drug-likeness (QED) is 0.0261. The monoisotopic (exact) mass is 1120 g/mol. The average Bonchev–Trinajstić information content (AvgIpc) is 3.46.